The molecule has 0 aliphatic carbocycles. The molecule has 0 radical (unpaired) electrons. The van der Waals surface area contributed by atoms with Crippen LogP contribution in [0.3, 0.4) is 0 Å². The molecule has 0 unspecified atom stereocenters. The summed E-state index contributed by atoms with van der Waals surface area (Å²) in [6, 6.07) is 14.4. The Balaban J connectivity index is 1.92. The van der Waals surface area contributed by atoms with Crippen molar-refractivity contribution < 1.29 is 9.59 Å². The van der Waals surface area contributed by atoms with Crippen molar-refractivity contribution in [3.63, 3.8) is 0 Å². The second-order valence-corrected chi connectivity index (χ2v) is 5.94. The van der Waals surface area contributed by atoms with Crippen molar-refractivity contribution >= 4 is 28.4 Å². The van der Waals surface area contributed by atoms with E-state index in [1.54, 1.807) is 37.4 Å². The molecule has 2 N–H and O–H groups in total. The van der Waals surface area contributed by atoms with Gasteiger partial charge in [0.1, 0.15) is 0 Å². The first-order valence-electron chi connectivity index (χ1n) is 7.99. The number of pyridine rings is 1. The molecule has 3 aromatic rings. The molecule has 1 heterocycles. The van der Waals surface area contributed by atoms with Gasteiger partial charge in [-0.05, 0) is 56.3 Å². The van der Waals surface area contributed by atoms with Gasteiger partial charge in [-0.25, -0.2) is 0 Å². The molecule has 0 saturated heterocycles. The molecule has 5 heteroatoms. The van der Waals surface area contributed by atoms with E-state index in [4.69, 9.17) is 0 Å². The highest BCUT2D eigenvalue weighted by atomic mass is 16.2. The maximum Gasteiger partial charge on any atom is 0.256 e. The lowest BCUT2D eigenvalue weighted by atomic mass is 10.0. The van der Waals surface area contributed by atoms with E-state index in [1.807, 2.05) is 32.0 Å². The Labute approximate surface area is 146 Å². The van der Waals surface area contributed by atoms with E-state index in [1.165, 1.54) is 0 Å². The second-order valence-electron chi connectivity index (χ2n) is 5.94. The summed E-state index contributed by atoms with van der Waals surface area (Å²) in [6.07, 6.45) is 0. The van der Waals surface area contributed by atoms with Crippen LogP contribution in [0.2, 0.25) is 0 Å². The number of rotatable bonds is 3. The molecule has 2 amide bonds. The van der Waals surface area contributed by atoms with E-state index in [9.17, 15) is 9.59 Å². The van der Waals surface area contributed by atoms with Gasteiger partial charge in [-0.3, -0.25) is 14.6 Å². The van der Waals surface area contributed by atoms with Crippen LogP contribution in [-0.2, 0) is 0 Å². The average molecular weight is 333 g/mol. The fraction of sp³-hybridized carbons (Fsp3) is 0.150. The Bertz CT molecular complexity index is 963. The summed E-state index contributed by atoms with van der Waals surface area (Å²) in [5.74, 6) is -0.363. The number of carbonyl (C=O) groups excluding carboxylic acids is 2. The van der Waals surface area contributed by atoms with Crippen LogP contribution >= 0.6 is 0 Å². The quantitative estimate of drug-likeness (QED) is 0.771. The summed E-state index contributed by atoms with van der Waals surface area (Å²) in [4.78, 5) is 28.8. The maximum atomic E-state index is 12.7. The molecule has 0 bridgehead atoms. The lowest BCUT2D eigenvalue weighted by Crippen LogP contribution is -2.18. The van der Waals surface area contributed by atoms with Crippen molar-refractivity contribution in [2.45, 2.75) is 13.8 Å². The van der Waals surface area contributed by atoms with E-state index < -0.39 is 0 Å². The van der Waals surface area contributed by atoms with E-state index >= 15 is 0 Å². The Morgan fingerprint density at radius 3 is 2.32 bits per heavy atom. The summed E-state index contributed by atoms with van der Waals surface area (Å²) in [5.41, 5.74) is 4.42. The first-order valence-corrected chi connectivity index (χ1v) is 7.99. The van der Waals surface area contributed by atoms with Crippen molar-refractivity contribution in [3.8, 4) is 0 Å². The molecule has 0 saturated carbocycles. The van der Waals surface area contributed by atoms with Crippen molar-refractivity contribution in [1.29, 1.82) is 0 Å². The molecule has 0 aliphatic rings. The summed E-state index contributed by atoms with van der Waals surface area (Å²) in [7, 11) is 1.58. The van der Waals surface area contributed by atoms with E-state index in [0.717, 1.165) is 22.2 Å². The summed E-state index contributed by atoms with van der Waals surface area (Å²) in [6.45, 7) is 3.85. The first-order chi connectivity index (χ1) is 12.0. The molecule has 25 heavy (non-hydrogen) atoms. The van der Waals surface area contributed by atoms with Gasteiger partial charge < -0.3 is 10.6 Å². The van der Waals surface area contributed by atoms with E-state index in [-0.39, 0.29) is 11.8 Å². The third kappa shape index (κ3) is 3.50. The van der Waals surface area contributed by atoms with Gasteiger partial charge in [0, 0.05) is 29.4 Å². The minimum atomic E-state index is -0.200. The zero-order valence-corrected chi connectivity index (χ0v) is 14.4. The number of hydrogen-bond donors (Lipinski definition) is 2. The normalized spacial score (nSPS) is 10.5. The number of nitrogens with zero attached hydrogens (tertiary/aromatic N) is 1. The van der Waals surface area contributed by atoms with Crippen molar-refractivity contribution in [2.75, 3.05) is 12.4 Å². The topological polar surface area (TPSA) is 71.1 Å². The Morgan fingerprint density at radius 1 is 0.920 bits per heavy atom. The molecule has 0 atom stereocenters. The van der Waals surface area contributed by atoms with Crippen LogP contribution in [0.15, 0.2) is 48.5 Å². The van der Waals surface area contributed by atoms with Crippen LogP contribution < -0.4 is 10.6 Å². The third-order valence-corrected chi connectivity index (χ3v) is 3.97. The van der Waals surface area contributed by atoms with Gasteiger partial charge in [-0.1, -0.05) is 11.6 Å². The number of hydrogen-bond acceptors (Lipinski definition) is 3. The monoisotopic (exact) mass is 333 g/mol. The van der Waals surface area contributed by atoms with Gasteiger partial charge >= 0.3 is 0 Å². The number of anilines is 1. The molecule has 126 valence electrons. The molecule has 3 rings (SSSR count). The van der Waals surface area contributed by atoms with Crippen LogP contribution in [-0.4, -0.2) is 23.8 Å². The minimum absolute atomic E-state index is 0.163. The Hall–Kier alpha value is -3.21. The molecular formula is C20H19N3O2. The predicted octanol–water partition coefficient (Wildman–Crippen LogP) is 3.46. The Morgan fingerprint density at radius 2 is 1.64 bits per heavy atom. The van der Waals surface area contributed by atoms with Crippen molar-refractivity contribution in [2.24, 2.45) is 0 Å². The van der Waals surface area contributed by atoms with E-state index in [2.05, 4.69) is 15.6 Å². The fourth-order valence-corrected chi connectivity index (χ4v) is 2.71. The van der Waals surface area contributed by atoms with Crippen LogP contribution in [0.25, 0.3) is 10.9 Å². The number of benzene rings is 2. The SMILES string of the molecule is CNC(=O)c1ccc(NC(=O)c2cc(C)nc3ccc(C)cc23)cc1. The second kappa shape index (κ2) is 6.73. The van der Waals surface area contributed by atoms with Crippen LogP contribution in [0.5, 0.6) is 0 Å². The molecule has 0 fully saturated rings. The van der Waals surface area contributed by atoms with Gasteiger partial charge in [0.2, 0.25) is 0 Å². The molecular weight excluding hydrogens is 314 g/mol. The fourth-order valence-electron chi connectivity index (χ4n) is 2.71. The predicted molar refractivity (Wildman–Crippen MR) is 99.0 cm³/mol. The van der Waals surface area contributed by atoms with Crippen LogP contribution in [0.4, 0.5) is 5.69 Å². The lowest BCUT2D eigenvalue weighted by molar-refractivity contribution is 0.0962. The van der Waals surface area contributed by atoms with Gasteiger partial charge in [0.15, 0.2) is 0 Å². The molecule has 2 aromatic carbocycles. The van der Waals surface area contributed by atoms with Gasteiger partial charge in [0.05, 0.1) is 11.1 Å². The maximum absolute atomic E-state index is 12.7. The lowest BCUT2D eigenvalue weighted by Gasteiger charge is -2.10. The first kappa shape index (κ1) is 16.6. The van der Waals surface area contributed by atoms with E-state index in [0.29, 0.717) is 16.8 Å². The number of amides is 2. The highest BCUT2D eigenvalue weighted by Crippen LogP contribution is 2.21. The van der Waals surface area contributed by atoms with Crippen molar-refractivity contribution in [1.82, 2.24) is 10.3 Å². The number of aryl methyl sites for hydroxylation is 2. The highest BCUT2D eigenvalue weighted by Gasteiger charge is 2.13. The zero-order chi connectivity index (χ0) is 18.0. The molecule has 0 spiro atoms. The molecule has 0 aliphatic heterocycles. The number of nitrogens with one attached hydrogen (secondary N) is 2. The standard InChI is InChI=1S/C20H19N3O2/c1-12-4-9-18-16(10-12)17(11-13(2)22-18)20(25)23-15-7-5-14(6-8-15)19(24)21-3/h4-11H,1-3H3,(H,21,24)(H,23,25). The Kier molecular flexibility index (Phi) is 4.48. The number of aromatic nitrogens is 1. The van der Waals surface area contributed by atoms with Crippen LogP contribution in [0.1, 0.15) is 32.0 Å². The molecule has 5 nitrogen and oxygen atoms in total. The smallest absolute Gasteiger partial charge is 0.256 e. The van der Waals surface area contributed by atoms with Gasteiger partial charge in [-0.15, -0.1) is 0 Å². The summed E-state index contributed by atoms with van der Waals surface area (Å²) >= 11 is 0. The number of fused-ring (bicyclic) bond motifs is 1. The van der Waals surface area contributed by atoms with Gasteiger partial charge in [0.25, 0.3) is 11.8 Å². The minimum Gasteiger partial charge on any atom is -0.355 e. The van der Waals surface area contributed by atoms with Crippen LogP contribution in [0, 0.1) is 13.8 Å². The highest BCUT2D eigenvalue weighted by molar-refractivity contribution is 6.12. The summed E-state index contributed by atoms with van der Waals surface area (Å²) in [5, 5.41) is 6.27. The average Bonchev–Trinajstić information content (AvgIpc) is 2.61. The largest absolute Gasteiger partial charge is 0.355 e. The molecule has 1 aromatic heterocycles. The zero-order valence-electron chi connectivity index (χ0n) is 14.4. The number of carbonyl (C=O) groups is 2. The van der Waals surface area contributed by atoms with Crippen molar-refractivity contribution in [3.05, 3.63) is 70.9 Å². The van der Waals surface area contributed by atoms with Gasteiger partial charge in [-0.2, -0.15) is 0 Å². The summed E-state index contributed by atoms with van der Waals surface area (Å²) < 4.78 is 0. The third-order valence-electron chi connectivity index (χ3n) is 3.97.